The van der Waals surface area contributed by atoms with E-state index in [4.69, 9.17) is 11.6 Å². The fourth-order valence-electron chi connectivity index (χ4n) is 2.72. The van der Waals surface area contributed by atoms with Gasteiger partial charge in [0.05, 0.1) is 16.3 Å². The molecule has 0 atom stereocenters. The van der Waals surface area contributed by atoms with E-state index >= 15 is 0 Å². The quantitative estimate of drug-likeness (QED) is 0.443. The van der Waals surface area contributed by atoms with Crippen LogP contribution < -0.4 is 9.73 Å². The molecule has 0 bridgehead atoms. The van der Waals surface area contributed by atoms with Crippen LogP contribution in [-0.4, -0.2) is 26.6 Å². The molecule has 0 unspecified atom stereocenters. The van der Waals surface area contributed by atoms with Crippen LogP contribution in [0.25, 0.3) is 0 Å². The molecule has 1 amide bonds. The first-order chi connectivity index (χ1) is 14.4. The van der Waals surface area contributed by atoms with Crippen molar-refractivity contribution in [3.63, 3.8) is 0 Å². The molecule has 0 aliphatic heterocycles. The van der Waals surface area contributed by atoms with Crippen LogP contribution in [-0.2, 0) is 14.8 Å². The first kappa shape index (κ1) is 21.5. The lowest BCUT2D eigenvalue weighted by Crippen LogP contribution is -2.39. The second-order valence-electron chi connectivity index (χ2n) is 6.40. The predicted octanol–water partition coefficient (Wildman–Crippen LogP) is 4.08. The van der Waals surface area contributed by atoms with E-state index in [1.807, 2.05) is 30.3 Å². The molecule has 154 valence electrons. The Bertz CT molecular complexity index is 1150. The van der Waals surface area contributed by atoms with E-state index in [0.717, 1.165) is 9.87 Å². The van der Waals surface area contributed by atoms with E-state index in [1.54, 1.807) is 43.3 Å². The fourth-order valence-corrected chi connectivity index (χ4v) is 4.34. The predicted molar refractivity (Wildman–Crippen MR) is 119 cm³/mol. The summed E-state index contributed by atoms with van der Waals surface area (Å²) in [4.78, 5) is 12.6. The molecule has 0 saturated carbocycles. The summed E-state index contributed by atoms with van der Waals surface area (Å²) in [6.07, 6.45) is 0. The van der Waals surface area contributed by atoms with Gasteiger partial charge in [-0.05, 0) is 42.8 Å². The van der Waals surface area contributed by atoms with E-state index in [9.17, 15) is 13.2 Å². The zero-order valence-electron chi connectivity index (χ0n) is 16.2. The van der Waals surface area contributed by atoms with Gasteiger partial charge >= 0.3 is 0 Å². The second-order valence-corrected chi connectivity index (χ2v) is 8.70. The normalized spacial score (nSPS) is 11.7. The summed E-state index contributed by atoms with van der Waals surface area (Å²) in [6, 6.07) is 23.6. The Morgan fingerprint density at radius 3 is 2.23 bits per heavy atom. The highest BCUT2D eigenvalue weighted by Crippen LogP contribution is 2.25. The Labute approximate surface area is 180 Å². The van der Waals surface area contributed by atoms with Gasteiger partial charge in [0.15, 0.2) is 0 Å². The molecule has 0 saturated heterocycles. The van der Waals surface area contributed by atoms with Crippen molar-refractivity contribution in [2.75, 3.05) is 10.8 Å². The number of hydrazone groups is 1. The summed E-state index contributed by atoms with van der Waals surface area (Å²) >= 11 is 6.05. The van der Waals surface area contributed by atoms with Gasteiger partial charge in [-0.3, -0.25) is 9.10 Å². The molecule has 0 aromatic heterocycles. The van der Waals surface area contributed by atoms with Crippen molar-refractivity contribution in [1.29, 1.82) is 0 Å². The molecule has 3 aromatic carbocycles. The van der Waals surface area contributed by atoms with Gasteiger partial charge in [-0.2, -0.15) is 5.10 Å². The van der Waals surface area contributed by atoms with Gasteiger partial charge in [0.2, 0.25) is 0 Å². The summed E-state index contributed by atoms with van der Waals surface area (Å²) in [5.41, 5.74) is 4.16. The summed E-state index contributed by atoms with van der Waals surface area (Å²) in [6.45, 7) is 1.30. The topological polar surface area (TPSA) is 78.8 Å². The first-order valence-electron chi connectivity index (χ1n) is 9.10. The summed E-state index contributed by atoms with van der Waals surface area (Å²) < 4.78 is 27.4. The van der Waals surface area contributed by atoms with Gasteiger partial charge < -0.3 is 0 Å². The van der Waals surface area contributed by atoms with Gasteiger partial charge in [0, 0.05) is 5.02 Å². The summed E-state index contributed by atoms with van der Waals surface area (Å²) in [5, 5.41) is 4.44. The van der Waals surface area contributed by atoms with Crippen molar-refractivity contribution in [3.05, 3.63) is 95.5 Å². The van der Waals surface area contributed by atoms with Gasteiger partial charge in [0.1, 0.15) is 6.54 Å². The lowest BCUT2D eigenvalue weighted by atomic mass is 10.1. The lowest BCUT2D eigenvalue weighted by molar-refractivity contribution is -0.119. The molecular formula is C22H20ClN3O3S. The third-order valence-corrected chi connectivity index (χ3v) is 6.28. The number of hydrogen-bond acceptors (Lipinski definition) is 4. The SMILES string of the molecule is C/C(=N/NC(=O)CN(c1cccc(Cl)c1)S(=O)(=O)c1ccccc1)c1ccccc1. The summed E-state index contributed by atoms with van der Waals surface area (Å²) in [7, 11) is -3.99. The average molecular weight is 442 g/mol. The van der Waals surface area contributed by atoms with E-state index in [0.29, 0.717) is 10.7 Å². The Balaban J connectivity index is 1.87. The number of carbonyl (C=O) groups is 1. The zero-order valence-corrected chi connectivity index (χ0v) is 17.8. The maximum absolute atomic E-state index is 13.2. The number of hydrogen-bond donors (Lipinski definition) is 1. The molecular weight excluding hydrogens is 422 g/mol. The second kappa shape index (κ2) is 9.56. The minimum absolute atomic E-state index is 0.0711. The number of nitrogens with one attached hydrogen (secondary N) is 1. The van der Waals surface area contributed by atoms with Crippen molar-refractivity contribution in [1.82, 2.24) is 5.43 Å². The average Bonchev–Trinajstić information content (AvgIpc) is 2.77. The highest BCUT2D eigenvalue weighted by Gasteiger charge is 2.27. The smallest absolute Gasteiger partial charge is 0.264 e. The van der Waals surface area contributed by atoms with Crippen LogP contribution in [0.3, 0.4) is 0 Å². The lowest BCUT2D eigenvalue weighted by Gasteiger charge is -2.23. The number of carbonyl (C=O) groups excluding carboxylic acids is 1. The highest BCUT2D eigenvalue weighted by atomic mass is 35.5. The highest BCUT2D eigenvalue weighted by molar-refractivity contribution is 7.92. The number of benzene rings is 3. The van der Waals surface area contributed by atoms with Gasteiger partial charge in [0.25, 0.3) is 15.9 Å². The number of halogens is 1. The first-order valence-corrected chi connectivity index (χ1v) is 10.9. The standard InChI is InChI=1S/C22H20ClN3O3S/c1-17(18-9-4-2-5-10-18)24-25-22(27)16-26(20-12-8-11-19(23)15-20)30(28,29)21-13-6-3-7-14-21/h2-15H,16H2,1H3,(H,25,27)/b24-17-. The maximum Gasteiger partial charge on any atom is 0.264 e. The molecule has 0 radical (unpaired) electrons. The van der Waals surface area contributed by atoms with Crippen molar-refractivity contribution < 1.29 is 13.2 Å². The van der Waals surface area contributed by atoms with Crippen LogP contribution in [0, 0.1) is 0 Å². The van der Waals surface area contributed by atoms with Crippen LogP contribution in [0.4, 0.5) is 5.69 Å². The van der Waals surface area contributed by atoms with Crippen molar-refractivity contribution in [2.45, 2.75) is 11.8 Å². The van der Waals surface area contributed by atoms with Crippen LogP contribution in [0.5, 0.6) is 0 Å². The number of rotatable bonds is 7. The maximum atomic E-state index is 13.2. The molecule has 3 rings (SSSR count). The number of amides is 1. The van der Waals surface area contributed by atoms with Crippen LogP contribution in [0.1, 0.15) is 12.5 Å². The van der Waals surface area contributed by atoms with Crippen LogP contribution in [0.15, 0.2) is 94.9 Å². The Morgan fingerprint density at radius 1 is 0.967 bits per heavy atom. The minimum Gasteiger partial charge on any atom is -0.271 e. The molecule has 6 nitrogen and oxygen atoms in total. The van der Waals surface area contributed by atoms with Crippen LogP contribution >= 0.6 is 11.6 Å². The van der Waals surface area contributed by atoms with E-state index < -0.39 is 22.5 Å². The molecule has 3 aromatic rings. The largest absolute Gasteiger partial charge is 0.271 e. The molecule has 30 heavy (non-hydrogen) atoms. The monoisotopic (exact) mass is 441 g/mol. The third-order valence-electron chi connectivity index (χ3n) is 4.25. The number of nitrogens with zero attached hydrogens (tertiary/aromatic N) is 2. The fraction of sp³-hybridized carbons (Fsp3) is 0.0909. The Morgan fingerprint density at radius 2 is 1.60 bits per heavy atom. The molecule has 0 fully saturated rings. The van der Waals surface area contributed by atoms with Crippen molar-refractivity contribution in [3.8, 4) is 0 Å². The molecule has 0 aliphatic carbocycles. The van der Waals surface area contributed by atoms with E-state index in [2.05, 4.69) is 10.5 Å². The number of sulfonamides is 1. The summed E-state index contributed by atoms with van der Waals surface area (Å²) in [5.74, 6) is -0.579. The number of anilines is 1. The van der Waals surface area contributed by atoms with Gasteiger partial charge in [-0.25, -0.2) is 13.8 Å². The molecule has 8 heteroatoms. The molecule has 0 heterocycles. The van der Waals surface area contributed by atoms with Gasteiger partial charge in [-0.15, -0.1) is 0 Å². The molecule has 0 aliphatic rings. The third kappa shape index (κ3) is 5.25. The Hall–Kier alpha value is -3.16. The van der Waals surface area contributed by atoms with Gasteiger partial charge in [-0.1, -0.05) is 66.2 Å². The van der Waals surface area contributed by atoms with Crippen molar-refractivity contribution in [2.24, 2.45) is 5.10 Å². The molecule has 1 N–H and O–H groups in total. The van der Waals surface area contributed by atoms with Crippen molar-refractivity contribution >= 4 is 38.9 Å². The zero-order chi connectivity index (χ0) is 21.6. The Kier molecular flexibility index (Phi) is 6.87. The minimum atomic E-state index is -3.99. The van der Waals surface area contributed by atoms with E-state index in [-0.39, 0.29) is 10.6 Å². The van der Waals surface area contributed by atoms with Crippen LogP contribution in [0.2, 0.25) is 5.02 Å². The molecule has 0 spiro atoms. The van der Waals surface area contributed by atoms with E-state index in [1.165, 1.54) is 18.2 Å².